The summed E-state index contributed by atoms with van der Waals surface area (Å²) in [6, 6.07) is 1.71. The van der Waals surface area contributed by atoms with Gasteiger partial charge >= 0.3 is 17.7 Å². The van der Waals surface area contributed by atoms with E-state index >= 15 is 0 Å². The molecule has 1 aromatic carbocycles. The van der Waals surface area contributed by atoms with Crippen LogP contribution in [0.3, 0.4) is 0 Å². The molecule has 118 valence electrons. The second-order valence-corrected chi connectivity index (χ2v) is 4.12. The third kappa shape index (κ3) is 2.68. The molecule has 0 amide bonds. The van der Waals surface area contributed by atoms with E-state index in [9.17, 15) is 23.1 Å². The van der Waals surface area contributed by atoms with E-state index in [-0.39, 0.29) is 11.5 Å². The number of esters is 1. The van der Waals surface area contributed by atoms with Gasteiger partial charge in [0.1, 0.15) is 0 Å². The summed E-state index contributed by atoms with van der Waals surface area (Å²) in [6.45, 7) is 0. The summed E-state index contributed by atoms with van der Waals surface area (Å²) in [5.41, 5.74) is -0.776. The van der Waals surface area contributed by atoms with Gasteiger partial charge in [0.2, 0.25) is 5.75 Å². The fourth-order valence-electron chi connectivity index (χ4n) is 1.71. The van der Waals surface area contributed by atoms with E-state index in [2.05, 4.69) is 10.5 Å². The van der Waals surface area contributed by atoms with E-state index in [4.69, 9.17) is 9.47 Å². The van der Waals surface area contributed by atoms with Gasteiger partial charge in [-0.1, -0.05) is 0 Å². The summed E-state index contributed by atoms with van der Waals surface area (Å²) in [7, 11) is 3.12. The molecule has 0 spiro atoms. The van der Waals surface area contributed by atoms with Crippen LogP contribution in [-0.4, -0.2) is 38.6 Å². The maximum atomic E-state index is 13.3. The van der Waals surface area contributed by atoms with E-state index in [1.54, 1.807) is 0 Å². The zero-order chi connectivity index (χ0) is 16.4. The lowest BCUT2D eigenvalue weighted by atomic mass is 9.89. The molecule has 1 atom stereocenters. The number of halogens is 3. The second-order valence-electron chi connectivity index (χ2n) is 4.12. The Morgan fingerprint density at radius 1 is 1.14 bits per heavy atom. The Labute approximate surface area is 118 Å². The minimum absolute atomic E-state index is 0.287. The fraction of sp³-hybridized carbons (Fsp3) is 0.417. The number of ether oxygens (including phenoxy) is 3. The maximum absolute atomic E-state index is 13.3. The first-order valence-electron chi connectivity index (χ1n) is 5.59. The second kappa shape index (κ2) is 5.68. The largest absolute Gasteiger partial charge is 0.502 e. The highest BCUT2D eigenvalue weighted by Crippen LogP contribution is 2.43. The summed E-state index contributed by atoms with van der Waals surface area (Å²) in [4.78, 5) is 11.6. The normalized spacial score (nSPS) is 14.2. The molecule has 0 fully saturated rings. The molecule has 0 aliphatic carbocycles. The van der Waals surface area contributed by atoms with Gasteiger partial charge in [-0.3, -0.25) is 0 Å². The van der Waals surface area contributed by atoms with Crippen molar-refractivity contribution in [3.8, 4) is 17.2 Å². The minimum atomic E-state index is -5.02. The Hall–Kier alpha value is -2.16. The Morgan fingerprint density at radius 2 is 1.57 bits per heavy atom. The number of hydrogen-bond acceptors (Lipinski definition) is 5. The maximum Gasteiger partial charge on any atom is 0.460 e. The summed E-state index contributed by atoms with van der Waals surface area (Å²) >= 11 is 0. The van der Waals surface area contributed by atoms with E-state index in [0.717, 1.165) is 33.5 Å². The molecule has 4 N–H and O–H groups in total. The number of carbonyl (C=O) groups is 1. The quantitative estimate of drug-likeness (QED) is 0.794. The molecule has 0 aliphatic heterocycles. The van der Waals surface area contributed by atoms with Gasteiger partial charge in [0.25, 0.3) is 0 Å². The van der Waals surface area contributed by atoms with Gasteiger partial charge in [0, 0.05) is 5.56 Å². The van der Waals surface area contributed by atoms with Crippen LogP contribution in [0.2, 0.25) is 0 Å². The number of hydrogen-bond donors (Lipinski definition) is 2. The molecule has 1 aromatic rings. The van der Waals surface area contributed by atoms with Crippen LogP contribution in [0.25, 0.3) is 0 Å². The van der Waals surface area contributed by atoms with Crippen molar-refractivity contribution in [2.75, 3.05) is 21.3 Å². The van der Waals surface area contributed by atoms with Crippen molar-refractivity contribution in [1.82, 2.24) is 0 Å². The zero-order valence-electron chi connectivity index (χ0n) is 11.6. The van der Waals surface area contributed by atoms with Gasteiger partial charge in [-0.2, -0.15) is 13.2 Å². The number of phenols is 1. The van der Waals surface area contributed by atoms with Crippen molar-refractivity contribution in [3.05, 3.63) is 17.7 Å². The molecule has 9 heteroatoms. The van der Waals surface area contributed by atoms with Crippen molar-refractivity contribution >= 4 is 5.97 Å². The molecule has 0 aromatic heterocycles. The average molecular weight is 310 g/mol. The third-order valence-corrected chi connectivity index (χ3v) is 2.99. The topological polar surface area (TPSA) is 92.6 Å². The SMILES string of the molecule is COC(=O)C([NH3+])(c1cc(OC)c(O)c(OC)c1)C(F)(F)F. The predicted molar refractivity (Wildman–Crippen MR) is 63.8 cm³/mol. The first-order valence-corrected chi connectivity index (χ1v) is 5.59. The number of aromatic hydroxyl groups is 1. The Morgan fingerprint density at radius 3 is 1.86 bits per heavy atom. The van der Waals surface area contributed by atoms with Gasteiger partial charge < -0.3 is 25.1 Å². The van der Waals surface area contributed by atoms with Gasteiger partial charge in [-0.05, 0) is 12.1 Å². The first-order chi connectivity index (χ1) is 9.63. The smallest absolute Gasteiger partial charge is 0.460 e. The highest BCUT2D eigenvalue weighted by atomic mass is 19.4. The third-order valence-electron chi connectivity index (χ3n) is 2.99. The van der Waals surface area contributed by atoms with Gasteiger partial charge in [0.05, 0.1) is 21.3 Å². The van der Waals surface area contributed by atoms with E-state index in [1.165, 1.54) is 0 Å². The molecule has 6 nitrogen and oxygen atoms in total. The molecule has 0 saturated heterocycles. The molecular weight excluding hydrogens is 295 g/mol. The van der Waals surface area contributed by atoms with Gasteiger partial charge in [-0.15, -0.1) is 0 Å². The van der Waals surface area contributed by atoms with Crippen LogP contribution in [0.15, 0.2) is 12.1 Å². The van der Waals surface area contributed by atoms with Crippen LogP contribution in [0.5, 0.6) is 17.2 Å². The van der Waals surface area contributed by atoms with Crippen LogP contribution in [-0.2, 0) is 15.1 Å². The molecule has 21 heavy (non-hydrogen) atoms. The predicted octanol–water partition coefficient (Wildman–Crippen LogP) is 0.582. The van der Waals surface area contributed by atoms with Crippen LogP contribution >= 0.6 is 0 Å². The van der Waals surface area contributed by atoms with Gasteiger partial charge in [0.15, 0.2) is 11.5 Å². The zero-order valence-corrected chi connectivity index (χ0v) is 11.6. The van der Waals surface area contributed by atoms with Crippen molar-refractivity contribution < 1.29 is 43.0 Å². The summed E-state index contributed by atoms with van der Waals surface area (Å²) in [6.07, 6.45) is -5.02. The Bertz CT molecular complexity index is 521. The highest BCUT2D eigenvalue weighted by Gasteiger charge is 2.65. The van der Waals surface area contributed by atoms with Crippen molar-refractivity contribution in [2.24, 2.45) is 0 Å². The van der Waals surface area contributed by atoms with Crippen LogP contribution < -0.4 is 15.2 Å². The molecule has 0 heterocycles. The molecule has 0 aliphatic rings. The first kappa shape index (κ1) is 16.9. The number of carbonyl (C=O) groups excluding carboxylic acids is 1. The monoisotopic (exact) mass is 310 g/mol. The molecule has 1 rings (SSSR count). The van der Waals surface area contributed by atoms with Crippen LogP contribution in [0.1, 0.15) is 5.56 Å². The van der Waals surface area contributed by atoms with Crippen molar-refractivity contribution in [3.63, 3.8) is 0 Å². The standard InChI is InChI=1S/C12H14F3NO5/c1-19-7-4-6(5-8(20-2)9(7)17)11(16,10(18)21-3)12(13,14)15/h4-5,17H,16H2,1-3H3/p+1. The number of methoxy groups -OCH3 is 3. The molecule has 1 unspecified atom stereocenters. The van der Waals surface area contributed by atoms with E-state index < -0.39 is 29.0 Å². The number of quaternary nitrogens is 1. The lowest BCUT2D eigenvalue weighted by Gasteiger charge is -2.26. The van der Waals surface area contributed by atoms with Crippen molar-refractivity contribution in [1.29, 1.82) is 0 Å². The molecule has 0 radical (unpaired) electrons. The lowest BCUT2D eigenvalue weighted by molar-refractivity contribution is -0.532. The summed E-state index contributed by atoms with van der Waals surface area (Å²) in [5.74, 6) is -2.65. The average Bonchev–Trinajstić information content (AvgIpc) is 2.44. The number of rotatable bonds is 4. The van der Waals surface area contributed by atoms with Crippen LogP contribution in [0.4, 0.5) is 13.2 Å². The molecule has 0 bridgehead atoms. The number of benzene rings is 1. The highest BCUT2D eigenvalue weighted by molar-refractivity contribution is 5.82. The Balaban J connectivity index is 3.64. The molecule has 0 saturated carbocycles. The molecular formula is C12H15F3NO5+. The van der Waals surface area contributed by atoms with Crippen LogP contribution in [0, 0.1) is 0 Å². The number of alkyl halides is 3. The van der Waals surface area contributed by atoms with E-state index in [0.29, 0.717) is 0 Å². The van der Waals surface area contributed by atoms with E-state index in [1.807, 2.05) is 0 Å². The summed E-state index contributed by atoms with van der Waals surface area (Å²) in [5, 5.41) is 9.71. The fourth-order valence-corrected chi connectivity index (χ4v) is 1.71. The Kier molecular flexibility index (Phi) is 4.57. The van der Waals surface area contributed by atoms with Crippen molar-refractivity contribution in [2.45, 2.75) is 11.7 Å². The number of phenolic OH excluding ortho intramolecular Hbond substituents is 1. The summed E-state index contributed by atoms with van der Waals surface area (Å²) < 4.78 is 53.6. The minimum Gasteiger partial charge on any atom is -0.502 e. The van der Waals surface area contributed by atoms with Gasteiger partial charge in [-0.25, -0.2) is 4.79 Å². The lowest BCUT2D eigenvalue weighted by Crippen LogP contribution is -2.80.